The monoisotopic (exact) mass is 456 g/mol. The second kappa shape index (κ2) is 7.70. The van der Waals surface area contributed by atoms with E-state index in [0.29, 0.717) is 19.0 Å². The number of morpholine rings is 1. The molecule has 0 unspecified atom stereocenters. The summed E-state index contributed by atoms with van der Waals surface area (Å²) >= 11 is 0. The van der Waals surface area contributed by atoms with Gasteiger partial charge >= 0.3 is 0 Å². The highest BCUT2D eigenvalue weighted by Gasteiger charge is 2.30. The zero-order chi connectivity index (χ0) is 23.4. The van der Waals surface area contributed by atoms with Gasteiger partial charge in [0.05, 0.1) is 46.9 Å². The largest absolute Gasteiger partial charge is 0.378 e. The van der Waals surface area contributed by atoms with E-state index in [1.165, 1.54) is 0 Å². The minimum atomic E-state index is -0.107. The summed E-state index contributed by atoms with van der Waals surface area (Å²) in [5.74, 6) is 1.47. The molecule has 0 aliphatic carbocycles. The number of rotatable bonds is 2. The molecule has 4 aromatic rings. The summed E-state index contributed by atoms with van der Waals surface area (Å²) in [6, 6.07) is 13.8. The van der Waals surface area contributed by atoms with Crippen LogP contribution in [0.3, 0.4) is 0 Å². The summed E-state index contributed by atoms with van der Waals surface area (Å²) < 4.78 is 5.47. The summed E-state index contributed by atoms with van der Waals surface area (Å²) in [5, 5.41) is 8.52. The van der Waals surface area contributed by atoms with Crippen molar-refractivity contribution >= 4 is 51.5 Å². The molecule has 2 aliphatic heterocycles. The molecular formula is C24H24N8O2. The number of amides is 1. The lowest BCUT2D eigenvalue weighted by atomic mass is 10.1. The van der Waals surface area contributed by atoms with Crippen LogP contribution in [0.4, 0.5) is 34.6 Å². The number of para-hydroxylation sites is 2. The zero-order valence-electron chi connectivity index (χ0n) is 18.9. The topological polar surface area (TPSA) is 117 Å². The number of hydrogen-bond acceptors (Lipinski definition) is 8. The normalized spacial score (nSPS) is 15.4. The van der Waals surface area contributed by atoms with Gasteiger partial charge in [0.25, 0.3) is 0 Å². The molecule has 0 atom stereocenters. The average molecular weight is 457 g/mol. The van der Waals surface area contributed by atoms with Crippen molar-refractivity contribution in [3.8, 4) is 11.3 Å². The van der Waals surface area contributed by atoms with Gasteiger partial charge in [-0.1, -0.05) is 12.1 Å². The highest BCUT2D eigenvalue weighted by atomic mass is 16.5. The van der Waals surface area contributed by atoms with Crippen LogP contribution in [0.15, 0.2) is 42.5 Å². The molecule has 6 rings (SSSR count). The van der Waals surface area contributed by atoms with Crippen molar-refractivity contribution in [2.45, 2.75) is 6.92 Å². The molecular weight excluding hydrogens is 432 g/mol. The van der Waals surface area contributed by atoms with E-state index in [1.807, 2.05) is 43.4 Å². The Balaban J connectivity index is 1.55. The van der Waals surface area contributed by atoms with Gasteiger partial charge in [0, 0.05) is 38.7 Å². The minimum Gasteiger partial charge on any atom is -0.378 e. The Morgan fingerprint density at radius 3 is 2.59 bits per heavy atom. The van der Waals surface area contributed by atoms with Crippen molar-refractivity contribution in [1.29, 1.82) is 0 Å². The molecule has 2 aliphatic rings. The summed E-state index contributed by atoms with van der Waals surface area (Å²) in [7, 11) is 1.99. The number of fused-ring (bicyclic) bond motifs is 1. The summed E-state index contributed by atoms with van der Waals surface area (Å²) in [6.07, 6.45) is 0. The molecule has 0 saturated carbocycles. The molecule has 34 heavy (non-hydrogen) atoms. The number of nitrogens with two attached hydrogens (primary N) is 1. The Bertz CT molecular complexity index is 1430. The first kappa shape index (κ1) is 20.4. The fraction of sp³-hybridized carbons (Fsp3) is 0.250. The number of anilines is 6. The number of hydrogen-bond donors (Lipinski definition) is 2. The average Bonchev–Trinajstić information content (AvgIpc) is 3.22. The zero-order valence-corrected chi connectivity index (χ0v) is 18.9. The Morgan fingerprint density at radius 1 is 1.06 bits per heavy atom. The SMILES string of the molecule is CC(=O)N1c2ccccc2N(C)c2cc(-c3cc(N4CCOCC4)nc(N)n3)cc3[nH]nc1c23. The summed E-state index contributed by atoms with van der Waals surface area (Å²) in [6.45, 7) is 4.37. The van der Waals surface area contributed by atoms with Crippen molar-refractivity contribution in [3.63, 3.8) is 0 Å². The summed E-state index contributed by atoms with van der Waals surface area (Å²) in [5.41, 5.74) is 11.1. The first-order chi connectivity index (χ1) is 16.5. The van der Waals surface area contributed by atoms with Crippen LogP contribution in [-0.2, 0) is 9.53 Å². The van der Waals surface area contributed by atoms with Crippen molar-refractivity contribution in [1.82, 2.24) is 20.2 Å². The molecule has 0 bridgehead atoms. The first-order valence-electron chi connectivity index (χ1n) is 11.1. The quantitative estimate of drug-likeness (QED) is 0.472. The van der Waals surface area contributed by atoms with Crippen molar-refractivity contribution in [2.24, 2.45) is 0 Å². The van der Waals surface area contributed by atoms with E-state index in [4.69, 9.17) is 10.5 Å². The smallest absolute Gasteiger partial charge is 0.229 e. The fourth-order valence-electron chi connectivity index (χ4n) is 4.75. The number of carbonyl (C=O) groups is 1. The van der Waals surface area contributed by atoms with Gasteiger partial charge in [0.2, 0.25) is 11.9 Å². The highest BCUT2D eigenvalue weighted by molar-refractivity contribution is 6.15. The van der Waals surface area contributed by atoms with Crippen molar-refractivity contribution in [3.05, 3.63) is 42.5 Å². The van der Waals surface area contributed by atoms with Crippen LogP contribution in [0.5, 0.6) is 0 Å². The van der Waals surface area contributed by atoms with E-state index in [1.54, 1.807) is 11.8 Å². The van der Waals surface area contributed by atoms with Gasteiger partial charge < -0.3 is 20.3 Å². The third-order valence-corrected chi connectivity index (χ3v) is 6.36. The van der Waals surface area contributed by atoms with E-state index in [9.17, 15) is 4.79 Å². The van der Waals surface area contributed by atoms with Gasteiger partial charge in [-0.15, -0.1) is 0 Å². The molecule has 10 nitrogen and oxygen atoms in total. The fourth-order valence-corrected chi connectivity index (χ4v) is 4.75. The second-order valence-corrected chi connectivity index (χ2v) is 8.44. The van der Waals surface area contributed by atoms with Crippen LogP contribution in [0.1, 0.15) is 6.92 Å². The number of benzene rings is 2. The van der Waals surface area contributed by atoms with Crippen LogP contribution in [-0.4, -0.2) is 59.4 Å². The number of H-pyrrole nitrogens is 1. The maximum absolute atomic E-state index is 12.7. The molecule has 3 N–H and O–H groups in total. The minimum absolute atomic E-state index is 0.107. The van der Waals surface area contributed by atoms with E-state index >= 15 is 0 Å². The third-order valence-electron chi connectivity index (χ3n) is 6.36. The van der Waals surface area contributed by atoms with Crippen LogP contribution < -0.4 is 20.4 Å². The molecule has 10 heteroatoms. The number of carbonyl (C=O) groups excluding carboxylic acids is 1. The van der Waals surface area contributed by atoms with Gasteiger partial charge in [-0.2, -0.15) is 10.1 Å². The molecule has 172 valence electrons. The van der Waals surface area contributed by atoms with E-state index in [0.717, 1.165) is 58.1 Å². The lowest BCUT2D eigenvalue weighted by molar-refractivity contribution is -0.115. The lowest BCUT2D eigenvalue weighted by Gasteiger charge is -2.28. The van der Waals surface area contributed by atoms with E-state index in [2.05, 4.69) is 36.0 Å². The van der Waals surface area contributed by atoms with Crippen LogP contribution in [0.2, 0.25) is 0 Å². The standard InChI is InChI=1S/C24H24N8O2/c1-14(33)32-19-6-4-3-5-18(19)30(2)20-12-15(11-17-22(20)23(32)29-28-17)16-13-21(27-24(25)26-16)31-7-9-34-10-8-31/h3-6,11-13H,7-10H2,1-2H3,(H,28,29)(H2,25,26,27). The molecule has 0 radical (unpaired) electrons. The Kier molecular flexibility index (Phi) is 4.63. The second-order valence-electron chi connectivity index (χ2n) is 8.44. The molecule has 2 aromatic heterocycles. The highest BCUT2D eigenvalue weighted by Crippen LogP contribution is 2.47. The predicted octanol–water partition coefficient (Wildman–Crippen LogP) is 3.20. The van der Waals surface area contributed by atoms with Crippen molar-refractivity contribution < 1.29 is 9.53 Å². The Morgan fingerprint density at radius 2 is 1.82 bits per heavy atom. The Hall–Kier alpha value is -4.18. The van der Waals surface area contributed by atoms with Gasteiger partial charge in [0.15, 0.2) is 5.82 Å². The number of aromatic amines is 1. The van der Waals surface area contributed by atoms with Crippen LogP contribution in [0, 0.1) is 0 Å². The number of ether oxygens (including phenoxy) is 1. The lowest BCUT2D eigenvalue weighted by Crippen LogP contribution is -2.36. The molecule has 1 amide bonds. The van der Waals surface area contributed by atoms with Gasteiger partial charge in [0.1, 0.15) is 5.82 Å². The molecule has 1 fully saturated rings. The van der Waals surface area contributed by atoms with Crippen molar-refractivity contribution in [2.75, 3.05) is 53.8 Å². The van der Waals surface area contributed by atoms with Gasteiger partial charge in [-0.25, -0.2) is 4.98 Å². The molecule has 2 aromatic carbocycles. The van der Waals surface area contributed by atoms with E-state index < -0.39 is 0 Å². The van der Waals surface area contributed by atoms with Crippen LogP contribution in [0.25, 0.3) is 22.2 Å². The number of nitrogens with zero attached hydrogens (tertiary/aromatic N) is 6. The third kappa shape index (κ3) is 3.14. The van der Waals surface area contributed by atoms with Gasteiger partial charge in [-0.3, -0.25) is 14.8 Å². The van der Waals surface area contributed by atoms with E-state index in [-0.39, 0.29) is 11.9 Å². The van der Waals surface area contributed by atoms with Crippen LogP contribution >= 0.6 is 0 Å². The number of aromatic nitrogens is 4. The summed E-state index contributed by atoms with van der Waals surface area (Å²) in [4.78, 5) is 27.6. The maximum atomic E-state index is 12.7. The first-order valence-corrected chi connectivity index (χ1v) is 11.1. The molecule has 0 spiro atoms. The predicted molar refractivity (Wildman–Crippen MR) is 132 cm³/mol. The molecule has 1 saturated heterocycles. The number of nitrogens with one attached hydrogen (secondary N) is 1. The number of nitrogen functional groups attached to an aromatic ring is 1. The van der Waals surface area contributed by atoms with Gasteiger partial charge in [-0.05, 0) is 24.3 Å². The Labute approximate surface area is 196 Å². The maximum Gasteiger partial charge on any atom is 0.229 e. The molecule has 4 heterocycles.